The molecule has 0 atom stereocenters. The van der Waals surface area contributed by atoms with E-state index in [-0.39, 0.29) is 16.1 Å². The second-order valence-electron chi connectivity index (χ2n) is 3.97. The summed E-state index contributed by atoms with van der Waals surface area (Å²) in [6.45, 7) is 1.63. The molecule has 0 aliphatic carbocycles. The van der Waals surface area contributed by atoms with Crippen molar-refractivity contribution in [3.8, 4) is 0 Å². The van der Waals surface area contributed by atoms with Crippen LogP contribution in [0.5, 0.6) is 0 Å². The van der Waals surface area contributed by atoms with Crippen LogP contribution < -0.4 is 4.72 Å². The van der Waals surface area contributed by atoms with Gasteiger partial charge in [-0.15, -0.1) is 0 Å². The average Bonchev–Trinajstić information content (AvgIpc) is 2.80. The molecule has 0 bridgehead atoms. The van der Waals surface area contributed by atoms with Crippen LogP contribution in [0.3, 0.4) is 0 Å². The monoisotopic (exact) mass is 375 g/mol. The molecule has 0 unspecified atom stereocenters. The van der Waals surface area contributed by atoms with E-state index in [1.165, 1.54) is 6.20 Å². The largest absolute Gasteiger partial charge is 0.475 e. The molecule has 112 valence electrons. The Morgan fingerprint density at radius 1 is 1.52 bits per heavy atom. The molecule has 0 aliphatic rings. The summed E-state index contributed by atoms with van der Waals surface area (Å²) < 4.78 is 31.2. The number of rotatable bonds is 5. The summed E-state index contributed by atoms with van der Waals surface area (Å²) in [5.41, 5.74) is 0.490. The Morgan fingerprint density at radius 3 is 2.81 bits per heavy atom. The SMILES string of the molecule is Cc1nccc(CNS(=O)(=O)c2cc(C(=O)O)oc2Br)n1. The van der Waals surface area contributed by atoms with E-state index in [2.05, 4.69) is 30.6 Å². The molecule has 2 aromatic rings. The number of halogens is 1. The summed E-state index contributed by atoms with van der Waals surface area (Å²) >= 11 is 2.88. The number of carboxylic acids is 1. The molecule has 2 rings (SSSR count). The first-order valence-electron chi connectivity index (χ1n) is 5.60. The number of aromatic carboxylic acids is 1. The predicted octanol–water partition coefficient (Wildman–Crippen LogP) is 1.32. The summed E-state index contributed by atoms with van der Waals surface area (Å²) in [5.74, 6) is -1.31. The Hall–Kier alpha value is -1.78. The van der Waals surface area contributed by atoms with Gasteiger partial charge in [0, 0.05) is 12.3 Å². The van der Waals surface area contributed by atoms with Gasteiger partial charge in [0.2, 0.25) is 15.8 Å². The van der Waals surface area contributed by atoms with Crippen LogP contribution in [0.2, 0.25) is 0 Å². The van der Waals surface area contributed by atoms with Crippen LogP contribution in [0.25, 0.3) is 0 Å². The van der Waals surface area contributed by atoms with Crippen molar-refractivity contribution >= 4 is 31.9 Å². The number of aryl methyl sites for hydroxylation is 1. The Balaban J connectivity index is 2.21. The molecule has 0 saturated heterocycles. The number of sulfonamides is 1. The third-order valence-corrected chi connectivity index (χ3v) is 4.69. The summed E-state index contributed by atoms with van der Waals surface area (Å²) in [6.07, 6.45) is 1.52. The first kappa shape index (κ1) is 15.6. The van der Waals surface area contributed by atoms with E-state index >= 15 is 0 Å². The molecule has 21 heavy (non-hydrogen) atoms. The van der Waals surface area contributed by atoms with Crippen LogP contribution in [0.15, 0.2) is 32.3 Å². The molecule has 8 nitrogen and oxygen atoms in total. The fourth-order valence-electron chi connectivity index (χ4n) is 1.49. The number of carbonyl (C=O) groups is 1. The Morgan fingerprint density at radius 2 is 2.24 bits per heavy atom. The van der Waals surface area contributed by atoms with Crippen molar-refractivity contribution in [2.45, 2.75) is 18.4 Å². The first-order valence-corrected chi connectivity index (χ1v) is 7.88. The third kappa shape index (κ3) is 3.65. The van der Waals surface area contributed by atoms with E-state index in [0.29, 0.717) is 11.5 Å². The average molecular weight is 376 g/mol. The van der Waals surface area contributed by atoms with Gasteiger partial charge in [-0.2, -0.15) is 0 Å². The van der Waals surface area contributed by atoms with Crippen molar-refractivity contribution < 1.29 is 22.7 Å². The Bertz CT molecular complexity index is 787. The normalized spacial score (nSPS) is 11.5. The van der Waals surface area contributed by atoms with Gasteiger partial charge in [0.05, 0.1) is 12.2 Å². The van der Waals surface area contributed by atoms with Gasteiger partial charge in [0.15, 0.2) is 4.67 Å². The van der Waals surface area contributed by atoms with E-state index in [1.54, 1.807) is 13.0 Å². The lowest BCUT2D eigenvalue weighted by Gasteiger charge is -2.05. The summed E-state index contributed by atoms with van der Waals surface area (Å²) in [4.78, 5) is 18.4. The van der Waals surface area contributed by atoms with Crippen LogP contribution in [0.1, 0.15) is 22.1 Å². The highest BCUT2D eigenvalue weighted by atomic mass is 79.9. The number of furan rings is 1. The van der Waals surface area contributed by atoms with E-state index in [0.717, 1.165) is 6.07 Å². The molecule has 0 saturated carbocycles. The molecule has 2 N–H and O–H groups in total. The molecular formula is C11H10BrN3O5S. The third-order valence-electron chi connectivity index (χ3n) is 2.43. The highest BCUT2D eigenvalue weighted by molar-refractivity contribution is 9.10. The Kier molecular flexibility index (Phi) is 4.40. The van der Waals surface area contributed by atoms with Gasteiger partial charge in [0.25, 0.3) is 0 Å². The number of aromatic nitrogens is 2. The maximum atomic E-state index is 12.1. The van der Waals surface area contributed by atoms with Gasteiger partial charge >= 0.3 is 5.97 Å². The van der Waals surface area contributed by atoms with Crippen LogP contribution >= 0.6 is 15.9 Å². The van der Waals surface area contributed by atoms with Crippen LogP contribution in [0, 0.1) is 6.92 Å². The minimum Gasteiger partial charge on any atom is -0.475 e. The molecule has 0 amide bonds. The van der Waals surface area contributed by atoms with E-state index < -0.39 is 21.8 Å². The second-order valence-corrected chi connectivity index (χ2v) is 6.43. The molecule has 2 heterocycles. The van der Waals surface area contributed by atoms with E-state index in [9.17, 15) is 13.2 Å². The van der Waals surface area contributed by atoms with E-state index in [1.807, 2.05) is 0 Å². The maximum absolute atomic E-state index is 12.1. The van der Waals surface area contributed by atoms with Gasteiger partial charge in [-0.25, -0.2) is 27.9 Å². The zero-order valence-electron chi connectivity index (χ0n) is 10.7. The summed E-state index contributed by atoms with van der Waals surface area (Å²) in [6, 6.07) is 2.50. The molecule has 2 aromatic heterocycles. The van der Waals surface area contributed by atoms with Crippen molar-refractivity contribution in [3.05, 3.63) is 40.3 Å². The fraction of sp³-hybridized carbons (Fsp3) is 0.182. The molecule has 0 radical (unpaired) electrons. The zero-order valence-corrected chi connectivity index (χ0v) is 13.1. The molecule has 0 fully saturated rings. The van der Waals surface area contributed by atoms with Crippen molar-refractivity contribution in [2.75, 3.05) is 0 Å². The van der Waals surface area contributed by atoms with Crippen LogP contribution in [0.4, 0.5) is 0 Å². The molecule has 0 aliphatic heterocycles. The van der Waals surface area contributed by atoms with Gasteiger partial charge in [-0.3, -0.25) is 0 Å². The quantitative estimate of drug-likeness (QED) is 0.807. The Labute approximate surface area is 128 Å². The van der Waals surface area contributed by atoms with Gasteiger partial charge in [-0.1, -0.05) is 0 Å². The summed E-state index contributed by atoms with van der Waals surface area (Å²) in [7, 11) is -3.93. The summed E-state index contributed by atoms with van der Waals surface area (Å²) in [5, 5.41) is 8.78. The number of carboxylic acid groups (broad SMARTS) is 1. The van der Waals surface area contributed by atoms with Gasteiger partial charge in [-0.05, 0) is 28.9 Å². The van der Waals surface area contributed by atoms with Gasteiger partial charge in [0.1, 0.15) is 10.7 Å². The molecular weight excluding hydrogens is 366 g/mol. The lowest BCUT2D eigenvalue weighted by atomic mass is 10.4. The number of hydrogen-bond acceptors (Lipinski definition) is 6. The molecule has 0 spiro atoms. The minimum absolute atomic E-state index is 0.0499. The maximum Gasteiger partial charge on any atom is 0.371 e. The minimum atomic E-state index is -3.93. The highest BCUT2D eigenvalue weighted by Crippen LogP contribution is 2.26. The van der Waals surface area contributed by atoms with Crippen molar-refractivity contribution in [1.29, 1.82) is 0 Å². The number of nitrogens with zero attached hydrogens (tertiary/aromatic N) is 2. The standard InChI is InChI=1S/C11H10BrN3O5S/c1-6-13-3-2-7(15-6)5-14-21(18,19)9-4-8(11(16)17)20-10(9)12/h2-4,14H,5H2,1H3,(H,16,17). The smallest absolute Gasteiger partial charge is 0.371 e. The topological polar surface area (TPSA) is 122 Å². The lowest BCUT2D eigenvalue weighted by Crippen LogP contribution is -2.23. The van der Waals surface area contributed by atoms with Crippen molar-refractivity contribution in [3.63, 3.8) is 0 Å². The first-order chi connectivity index (χ1) is 9.79. The number of nitrogens with one attached hydrogen (secondary N) is 1. The molecule has 0 aromatic carbocycles. The van der Waals surface area contributed by atoms with Crippen LogP contribution in [-0.2, 0) is 16.6 Å². The van der Waals surface area contributed by atoms with Crippen LogP contribution in [-0.4, -0.2) is 29.5 Å². The second kappa shape index (κ2) is 5.92. The highest BCUT2D eigenvalue weighted by Gasteiger charge is 2.24. The van der Waals surface area contributed by atoms with E-state index in [4.69, 9.17) is 9.52 Å². The van der Waals surface area contributed by atoms with Crippen molar-refractivity contribution in [2.24, 2.45) is 0 Å². The lowest BCUT2D eigenvalue weighted by molar-refractivity contribution is 0.0661. The van der Waals surface area contributed by atoms with Gasteiger partial charge < -0.3 is 9.52 Å². The van der Waals surface area contributed by atoms with Crippen molar-refractivity contribution in [1.82, 2.24) is 14.7 Å². The predicted molar refractivity (Wildman–Crippen MR) is 74.2 cm³/mol. The molecule has 10 heteroatoms. The number of hydrogen-bond donors (Lipinski definition) is 2. The fourth-order valence-corrected chi connectivity index (χ4v) is 3.43. The zero-order chi connectivity index (χ0) is 15.6.